The van der Waals surface area contributed by atoms with Crippen LogP contribution < -0.4 is 5.32 Å². The molecule has 2 atom stereocenters. The van der Waals surface area contributed by atoms with Crippen molar-refractivity contribution in [2.45, 2.75) is 46.1 Å². The maximum Gasteiger partial charge on any atom is 0.173 e. The summed E-state index contributed by atoms with van der Waals surface area (Å²) >= 11 is 5.55. The number of fused-ring (bicyclic) bond motifs is 2. The summed E-state index contributed by atoms with van der Waals surface area (Å²) in [5.74, 6) is -0.256. The van der Waals surface area contributed by atoms with Crippen LogP contribution in [0.25, 0.3) is 0 Å². The molecule has 0 amide bonds. The highest BCUT2D eigenvalue weighted by Gasteiger charge is 2.50. The molecule has 0 aromatic heterocycles. The van der Waals surface area contributed by atoms with Crippen molar-refractivity contribution in [2.75, 3.05) is 11.9 Å². The van der Waals surface area contributed by atoms with Crippen LogP contribution in [0.4, 0.5) is 10.1 Å². The molecule has 3 rings (SSSR count). The molecule has 0 radical (unpaired) electrons. The molecule has 114 valence electrons. The number of benzene rings is 1. The topological polar surface area (TPSA) is 15.3 Å². The van der Waals surface area contributed by atoms with Crippen LogP contribution in [0, 0.1) is 16.6 Å². The minimum atomic E-state index is -0.256. The lowest BCUT2D eigenvalue weighted by Crippen LogP contribution is -2.40. The van der Waals surface area contributed by atoms with E-state index in [4.69, 9.17) is 12.2 Å². The molecule has 1 aromatic rings. The summed E-state index contributed by atoms with van der Waals surface area (Å²) in [5.41, 5.74) is 1.15. The van der Waals surface area contributed by atoms with Crippen molar-refractivity contribution in [1.29, 1.82) is 0 Å². The third-order valence-corrected chi connectivity index (χ3v) is 5.13. The van der Waals surface area contributed by atoms with Gasteiger partial charge in [0.05, 0.1) is 5.69 Å². The van der Waals surface area contributed by atoms with Crippen molar-refractivity contribution >= 4 is 23.0 Å². The fourth-order valence-electron chi connectivity index (χ4n) is 4.45. The van der Waals surface area contributed by atoms with Crippen LogP contribution in [0.5, 0.6) is 0 Å². The molecular weight excluding hydrogens is 283 g/mol. The van der Waals surface area contributed by atoms with Gasteiger partial charge in [-0.15, -0.1) is 0 Å². The largest absolute Gasteiger partial charge is 0.345 e. The van der Waals surface area contributed by atoms with Crippen molar-refractivity contribution in [1.82, 2.24) is 4.90 Å². The molecule has 1 aromatic carbocycles. The molecule has 1 N–H and O–H groups in total. The molecule has 1 aliphatic carbocycles. The number of hydrogen-bond acceptors (Lipinski definition) is 1. The summed E-state index contributed by atoms with van der Waals surface area (Å²) in [7, 11) is 0. The quantitative estimate of drug-likeness (QED) is 0.773. The second kappa shape index (κ2) is 4.94. The van der Waals surface area contributed by atoms with Gasteiger partial charge in [0.15, 0.2) is 5.11 Å². The molecule has 1 aliphatic heterocycles. The molecule has 2 aliphatic rings. The first kappa shape index (κ1) is 14.8. The standard InChI is InChI=1S/C17H23FN2S/c1-16(2)8-12-9-17(3,10-16)11-20(12)15(21)19-14-7-5-4-6-13(14)18/h4-7,12H,8-11H2,1-3H3,(H,19,21)/t12-,17-/m1/s1. The van der Waals surface area contributed by atoms with Crippen molar-refractivity contribution in [2.24, 2.45) is 10.8 Å². The average Bonchev–Trinajstić information content (AvgIpc) is 2.61. The highest BCUT2D eigenvalue weighted by atomic mass is 32.1. The highest BCUT2D eigenvalue weighted by Crippen LogP contribution is 2.52. The minimum Gasteiger partial charge on any atom is -0.345 e. The van der Waals surface area contributed by atoms with Crippen LogP contribution in [-0.4, -0.2) is 22.6 Å². The number of nitrogens with zero attached hydrogens (tertiary/aromatic N) is 1. The van der Waals surface area contributed by atoms with Gasteiger partial charge in [0.2, 0.25) is 0 Å². The first-order chi connectivity index (χ1) is 9.78. The lowest BCUT2D eigenvalue weighted by Gasteiger charge is -2.39. The molecule has 1 saturated carbocycles. The molecular formula is C17H23FN2S. The average molecular weight is 306 g/mol. The number of nitrogens with one attached hydrogen (secondary N) is 1. The second-order valence-corrected chi connectivity index (χ2v) is 8.14. The van der Waals surface area contributed by atoms with Crippen LogP contribution in [0.2, 0.25) is 0 Å². The predicted molar refractivity (Wildman–Crippen MR) is 88.9 cm³/mol. The van der Waals surface area contributed by atoms with Gasteiger partial charge < -0.3 is 10.2 Å². The van der Waals surface area contributed by atoms with E-state index in [0.29, 0.717) is 27.7 Å². The van der Waals surface area contributed by atoms with Gasteiger partial charge in [-0.3, -0.25) is 0 Å². The molecule has 2 fully saturated rings. The Bertz CT molecular complexity index is 572. The highest BCUT2D eigenvalue weighted by molar-refractivity contribution is 7.80. The van der Waals surface area contributed by atoms with Gasteiger partial charge in [0.1, 0.15) is 5.82 Å². The summed E-state index contributed by atoms with van der Waals surface area (Å²) in [6.45, 7) is 8.01. The van der Waals surface area contributed by atoms with Gasteiger partial charge >= 0.3 is 0 Å². The Morgan fingerprint density at radius 2 is 2.00 bits per heavy atom. The third-order valence-electron chi connectivity index (χ3n) is 4.79. The molecule has 4 heteroatoms. The fourth-order valence-corrected chi connectivity index (χ4v) is 4.77. The monoisotopic (exact) mass is 306 g/mol. The smallest absolute Gasteiger partial charge is 0.173 e. The van der Waals surface area contributed by atoms with Gasteiger partial charge in [0, 0.05) is 12.6 Å². The number of para-hydroxylation sites is 1. The number of thiocarbonyl (C=S) groups is 1. The Kier molecular flexibility index (Phi) is 3.47. The Labute approximate surface area is 131 Å². The van der Waals surface area contributed by atoms with Crippen LogP contribution in [0.15, 0.2) is 24.3 Å². The SMILES string of the molecule is CC1(C)C[C@@H]2C[C@@](C)(CN2C(=S)Nc2ccccc2F)C1. The van der Waals surface area contributed by atoms with Crippen molar-refractivity contribution in [3.63, 3.8) is 0 Å². The zero-order valence-corrected chi connectivity index (χ0v) is 13.8. The van der Waals surface area contributed by atoms with Gasteiger partial charge in [0.25, 0.3) is 0 Å². The zero-order valence-electron chi connectivity index (χ0n) is 12.9. The summed E-state index contributed by atoms with van der Waals surface area (Å²) in [6.07, 6.45) is 3.58. The van der Waals surface area contributed by atoms with Crippen molar-refractivity contribution in [3.05, 3.63) is 30.1 Å². The van der Waals surface area contributed by atoms with E-state index in [0.717, 1.165) is 13.0 Å². The number of likely N-dealkylation sites (tertiary alicyclic amines) is 1. The van der Waals surface area contributed by atoms with Gasteiger partial charge in [-0.05, 0) is 54.4 Å². The number of rotatable bonds is 1. The van der Waals surface area contributed by atoms with Gasteiger partial charge in [-0.2, -0.15) is 0 Å². The molecule has 0 unspecified atom stereocenters. The van der Waals surface area contributed by atoms with E-state index in [2.05, 4.69) is 31.0 Å². The third kappa shape index (κ3) is 2.91. The van der Waals surface area contributed by atoms with E-state index < -0.39 is 0 Å². The molecule has 1 heterocycles. The molecule has 2 nitrogen and oxygen atoms in total. The summed E-state index contributed by atoms with van der Waals surface area (Å²) in [5, 5.41) is 3.75. The van der Waals surface area contributed by atoms with Crippen LogP contribution in [0.3, 0.4) is 0 Å². The Morgan fingerprint density at radius 3 is 2.71 bits per heavy atom. The normalized spacial score (nSPS) is 30.3. The second-order valence-electron chi connectivity index (χ2n) is 7.75. The van der Waals surface area contributed by atoms with E-state index >= 15 is 0 Å². The Balaban J connectivity index is 1.76. The maximum absolute atomic E-state index is 13.8. The molecule has 2 bridgehead atoms. The van der Waals surface area contributed by atoms with E-state index in [9.17, 15) is 4.39 Å². The summed E-state index contributed by atoms with van der Waals surface area (Å²) < 4.78 is 13.8. The van der Waals surface area contributed by atoms with Crippen LogP contribution in [-0.2, 0) is 0 Å². The minimum absolute atomic E-state index is 0.256. The van der Waals surface area contributed by atoms with E-state index in [-0.39, 0.29) is 5.82 Å². The van der Waals surface area contributed by atoms with Crippen molar-refractivity contribution in [3.8, 4) is 0 Å². The first-order valence-corrected chi connectivity index (χ1v) is 8.01. The van der Waals surface area contributed by atoms with Gasteiger partial charge in [-0.1, -0.05) is 32.9 Å². The summed E-state index contributed by atoms with van der Waals surface area (Å²) in [4.78, 5) is 2.27. The van der Waals surface area contributed by atoms with Gasteiger partial charge in [-0.25, -0.2) is 4.39 Å². The predicted octanol–water partition coefficient (Wildman–Crippen LogP) is 4.42. The number of anilines is 1. The molecule has 21 heavy (non-hydrogen) atoms. The lowest BCUT2D eigenvalue weighted by molar-refractivity contribution is 0.132. The zero-order chi connectivity index (χ0) is 15.3. The Morgan fingerprint density at radius 1 is 1.29 bits per heavy atom. The van der Waals surface area contributed by atoms with Crippen LogP contribution in [0.1, 0.15) is 40.0 Å². The number of hydrogen-bond donors (Lipinski definition) is 1. The molecule has 1 saturated heterocycles. The summed E-state index contributed by atoms with van der Waals surface area (Å²) in [6, 6.07) is 7.18. The van der Waals surface area contributed by atoms with E-state index in [1.807, 2.05) is 6.07 Å². The van der Waals surface area contributed by atoms with Crippen LogP contribution >= 0.6 is 12.2 Å². The Hall–Kier alpha value is -1.16. The molecule has 0 spiro atoms. The van der Waals surface area contributed by atoms with Crippen molar-refractivity contribution < 1.29 is 4.39 Å². The number of halogens is 1. The fraction of sp³-hybridized carbons (Fsp3) is 0.588. The van der Waals surface area contributed by atoms with E-state index in [1.54, 1.807) is 12.1 Å². The lowest BCUT2D eigenvalue weighted by atomic mass is 9.65. The first-order valence-electron chi connectivity index (χ1n) is 7.60. The maximum atomic E-state index is 13.8. The van der Waals surface area contributed by atoms with E-state index in [1.165, 1.54) is 18.9 Å².